The Hall–Kier alpha value is -3.39. The van der Waals surface area contributed by atoms with E-state index in [-0.39, 0.29) is 0 Å². The summed E-state index contributed by atoms with van der Waals surface area (Å²) in [6.07, 6.45) is 11.7. The summed E-state index contributed by atoms with van der Waals surface area (Å²) in [6, 6.07) is 22.3. The average Bonchev–Trinajstić information content (AvgIpc) is 3.26. The van der Waals surface area contributed by atoms with E-state index in [4.69, 9.17) is 9.40 Å². The van der Waals surface area contributed by atoms with Crippen molar-refractivity contribution in [3.63, 3.8) is 0 Å². The lowest BCUT2D eigenvalue weighted by Gasteiger charge is -2.19. The van der Waals surface area contributed by atoms with E-state index in [9.17, 15) is 0 Å². The van der Waals surface area contributed by atoms with Crippen LogP contribution in [0.5, 0.6) is 0 Å². The van der Waals surface area contributed by atoms with E-state index in [0.29, 0.717) is 0 Å². The maximum Gasteiger partial charge on any atom is 0.144 e. The van der Waals surface area contributed by atoms with E-state index < -0.39 is 0 Å². The minimum atomic E-state index is 0.954. The van der Waals surface area contributed by atoms with Gasteiger partial charge in [0, 0.05) is 22.5 Å². The molecule has 3 aromatic carbocycles. The fourth-order valence-corrected chi connectivity index (χ4v) is 6.10. The van der Waals surface area contributed by atoms with Crippen molar-refractivity contribution < 1.29 is 4.42 Å². The molecule has 0 unspecified atom stereocenters. The van der Waals surface area contributed by atoms with Crippen LogP contribution >= 0.6 is 0 Å². The molecule has 2 aliphatic rings. The van der Waals surface area contributed by atoms with Gasteiger partial charge >= 0.3 is 0 Å². The largest absolute Gasteiger partial charge is 0.455 e. The molecular weight excluding hydrogens is 402 g/mol. The van der Waals surface area contributed by atoms with Crippen LogP contribution in [0.15, 0.2) is 71.3 Å². The molecule has 0 aliphatic heterocycles. The summed E-state index contributed by atoms with van der Waals surface area (Å²) >= 11 is 0. The van der Waals surface area contributed by atoms with Crippen molar-refractivity contribution in [1.29, 1.82) is 0 Å². The zero-order valence-electron chi connectivity index (χ0n) is 18.9. The summed E-state index contributed by atoms with van der Waals surface area (Å²) in [4.78, 5) is 4.84. The van der Waals surface area contributed by atoms with Crippen molar-refractivity contribution in [3.8, 4) is 22.4 Å². The molecule has 33 heavy (non-hydrogen) atoms. The molecule has 0 fully saturated rings. The Labute approximate surface area is 194 Å². The number of para-hydroxylation sites is 1. The summed E-state index contributed by atoms with van der Waals surface area (Å²) in [5, 5.41) is 2.38. The zero-order chi connectivity index (χ0) is 21.8. The molecule has 5 aromatic rings. The van der Waals surface area contributed by atoms with E-state index >= 15 is 0 Å². The Kier molecular flexibility index (Phi) is 4.40. The highest BCUT2D eigenvalue weighted by atomic mass is 16.3. The normalized spacial score (nSPS) is 15.5. The Bertz CT molecular complexity index is 1520. The second-order valence-electron chi connectivity index (χ2n) is 9.65. The van der Waals surface area contributed by atoms with E-state index in [1.807, 2.05) is 6.20 Å². The van der Waals surface area contributed by atoms with Gasteiger partial charge in [-0.25, -0.2) is 0 Å². The third-order valence-corrected chi connectivity index (χ3v) is 7.73. The average molecular weight is 430 g/mol. The summed E-state index contributed by atoms with van der Waals surface area (Å²) in [5.74, 6) is 0. The van der Waals surface area contributed by atoms with E-state index in [2.05, 4.69) is 60.7 Å². The fraction of sp³-hybridized carbons (Fsp3) is 0.258. The van der Waals surface area contributed by atoms with Gasteiger partial charge in [0.1, 0.15) is 11.2 Å². The van der Waals surface area contributed by atoms with Crippen LogP contribution in [0, 0.1) is 0 Å². The van der Waals surface area contributed by atoms with Crippen LogP contribution in [0.25, 0.3) is 44.3 Å². The molecule has 0 bridgehead atoms. The highest BCUT2D eigenvalue weighted by molar-refractivity contribution is 6.10. The molecule has 0 N–H and O–H groups in total. The number of pyridine rings is 1. The molecule has 0 saturated carbocycles. The SMILES string of the molecule is c1cc2c(c(-c3ccc4oc5c(-c6nccc7c6CCCC7)cccc5c4c3)c1)CCCC2. The van der Waals surface area contributed by atoms with Crippen molar-refractivity contribution >= 4 is 21.9 Å². The predicted molar refractivity (Wildman–Crippen MR) is 136 cm³/mol. The molecule has 2 heterocycles. The van der Waals surface area contributed by atoms with Gasteiger partial charge in [0.05, 0.1) is 5.69 Å². The third kappa shape index (κ3) is 3.04. The summed E-state index contributed by atoms with van der Waals surface area (Å²) in [5.41, 5.74) is 12.8. The minimum Gasteiger partial charge on any atom is -0.455 e. The molecule has 2 nitrogen and oxygen atoms in total. The third-order valence-electron chi connectivity index (χ3n) is 7.73. The van der Waals surface area contributed by atoms with Crippen LogP contribution in [0.2, 0.25) is 0 Å². The monoisotopic (exact) mass is 429 g/mol. The molecule has 2 aliphatic carbocycles. The van der Waals surface area contributed by atoms with Gasteiger partial charge in [-0.2, -0.15) is 0 Å². The Morgan fingerprint density at radius 3 is 2.30 bits per heavy atom. The first-order valence-corrected chi connectivity index (χ1v) is 12.4. The smallest absolute Gasteiger partial charge is 0.144 e. The molecule has 7 rings (SSSR count). The number of aromatic nitrogens is 1. The van der Waals surface area contributed by atoms with Crippen LogP contribution in [0.1, 0.15) is 47.9 Å². The van der Waals surface area contributed by atoms with Gasteiger partial charge in [0.15, 0.2) is 0 Å². The van der Waals surface area contributed by atoms with Crippen molar-refractivity contribution in [2.75, 3.05) is 0 Å². The maximum atomic E-state index is 6.49. The van der Waals surface area contributed by atoms with Crippen LogP contribution in [0.3, 0.4) is 0 Å². The highest BCUT2D eigenvalue weighted by Gasteiger charge is 2.20. The number of furan rings is 1. The molecule has 162 valence electrons. The lowest BCUT2D eigenvalue weighted by Crippen LogP contribution is -2.05. The van der Waals surface area contributed by atoms with Crippen LogP contribution < -0.4 is 0 Å². The lowest BCUT2D eigenvalue weighted by atomic mass is 9.85. The topological polar surface area (TPSA) is 26.0 Å². The molecule has 0 spiro atoms. The van der Waals surface area contributed by atoms with Gasteiger partial charge < -0.3 is 4.42 Å². The molecule has 0 atom stereocenters. The first-order chi connectivity index (χ1) is 16.4. The first-order valence-electron chi connectivity index (χ1n) is 12.4. The molecule has 0 radical (unpaired) electrons. The predicted octanol–water partition coefficient (Wildman–Crippen LogP) is 8.07. The number of hydrogen-bond acceptors (Lipinski definition) is 2. The van der Waals surface area contributed by atoms with Gasteiger partial charge in [0.2, 0.25) is 0 Å². The van der Waals surface area contributed by atoms with Crippen molar-refractivity contribution in [1.82, 2.24) is 4.98 Å². The number of fused-ring (bicyclic) bond motifs is 5. The Morgan fingerprint density at radius 1 is 0.636 bits per heavy atom. The molecule has 2 heteroatoms. The molecule has 0 amide bonds. The van der Waals surface area contributed by atoms with E-state index in [1.165, 1.54) is 82.7 Å². The van der Waals surface area contributed by atoms with E-state index in [0.717, 1.165) is 35.3 Å². The Balaban J connectivity index is 1.42. The molecular formula is C31H27NO. The van der Waals surface area contributed by atoms with Gasteiger partial charge in [-0.1, -0.05) is 36.4 Å². The second kappa shape index (κ2) is 7.59. The van der Waals surface area contributed by atoms with Crippen molar-refractivity contribution in [2.45, 2.75) is 51.4 Å². The Morgan fingerprint density at radius 2 is 1.39 bits per heavy atom. The van der Waals surface area contributed by atoms with Gasteiger partial charge in [-0.15, -0.1) is 0 Å². The van der Waals surface area contributed by atoms with Gasteiger partial charge in [-0.05, 0) is 109 Å². The summed E-state index contributed by atoms with van der Waals surface area (Å²) in [6.45, 7) is 0. The van der Waals surface area contributed by atoms with Gasteiger partial charge in [-0.3, -0.25) is 4.98 Å². The maximum absolute atomic E-state index is 6.49. The lowest BCUT2D eigenvalue weighted by molar-refractivity contribution is 0.668. The molecule has 2 aromatic heterocycles. The van der Waals surface area contributed by atoms with Crippen LogP contribution in [-0.2, 0) is 25.7 Å². The fourth-order valence-electron chi connectivity index (χ4n) is 6.10. The minimum absolute atomic E-state index is 0.954. The van der Waals surface area contributed by atoms with Crippen molar-refractivity contribution in [2.24, 2.45) is 0 Å². The van der Waals surface area contributed by atoms with Crippen molar-refractivity contribution in [3.05, 3.63) is 89.1 Å². The van der Waals surface area contributed by atoms with E-state index in [1.54, 1.807) is 0 Å². The second-order valence-corrected chi connectivity index (χ2v) is 9.65. The quantitative estimate of drug-likeness (QED) is 0.283. The number of hydrogen-bond donors (Lipinski definition) is 0. The summed E-state index contributed by atoms with van der Waals surface area (Å²) in [7, 11) is 0. The van der Waals surface area contributed by atoms with Crippen LogP contribution in [-0.4, -0.2) is 4.98 Å². The number of benzene rings is 3. The zero-order valence-corrected chi connectivity index (χ0v) is 18.9. The number of nitrogens with zero attached hydrogens (tertiary/aromatic N) is 1. The molecule has 0 saturated heterocycles. The van der Waals surface area contributed by atoms with Gasteiger partial charge in [0.25, 0.3) is 0 Å². The number of aryl methyl sites for hydroxylation is 2. The number of rotatable bonds is 2. The first kappa shape index (κ1) is 19.1. The highest BCUT2D eigenvalue weighted by Crippen LogP contribution is 2.40. The van der Waals surface area contributed by atoms with Crippen LogP contribution in [0.4, 0.5) is 0 Å². The summed E-state index contributed by atoms with van der Waals surface area (Å²) < 4.78 is 6.49. The standard InChI is InChI=1S/C31H27NO/c1-3-10-23-20(7-1)9-5-12-24(23)22-15-16-29-28(19-22)26-13-6-14-27(31(26)33-29)30-25-11-4-2-8-21(25)17-18-32-30/h5-6,9,12-19H,1-4,7-8,10-11H2.